The molecule has 0 aromatic heterocycles. The van der Waals surface area contributed by atoms with Crippen LogP contribution in [0.25, 0.3) is 10.8 Å². The molecule has 0 atom stereocenters. The van der Waals surface area contributed by atoms with Crippen molar-refractivity contribution in [2.75, 3.05) is 5.75 Å². The highest BCUT2D eigenvalue weighted by Crippen LogP contribution is 2.19. The summed E-state index contributed by atoms with van der Waals surface area (Å²) in [6.07, 6.45) is 0. The Balaban J connectivity index is 1.50. The van der Waals surface area contributed by atoms with Crippen molar-refractivity contribution in [1.82, 2.24) is 5.32 Å². The molecule has 2 nitrogen and oxygen atoms in total. The van der Waals surface area contributed by atoms with Crippen molar-refractivity contribution in [3.63, 3.8) is 0 Å². The van der Waals surface area contributed by atoms with Crippen LogP contribution in [0.4, 0.5) is 0 Å². The van der Waals surface area contributed by atoms with Crippen molar-refractivity contribution in [1.29, 1.82) is 0 Å². The summed E-state index contributed by atoms with van der Waals surface area (Å²) >= 11 is 7.55. The topological polar surface area (TPSA) is 29.1 Å². The van der Waals surface area contributed by atoms with Gasteiger partial charge in [-0.15, -0.1) is 11.8 Å². The Morgan fingerprint density at radius 3 is 2.67 bits per heavy atom. The van der Waals surface area contributed by atoms with Crippen molar-refractivity contribution in [3.8, 4) is 0 Å². The van der Waals surface area contributed by atoms with Crippen LogP contribution in [0.2, 0.25) is 5.02 Å². The van der Waals surface area contributed by atoms with E-state index in [1.54, 1.807) is 11.8 Å². The third-order valence-corrected chi connectivity index (χ3v) is 4.99. The summed E-state index contributed by atoms with van der Waals surface area (Å²) in [5, 5.41) is 6.11. The largest absolute Gasteiger partial charge is 0.351 e. The number of benzene rings is 3. The van der Waals surface area contributed by atoms with Gasteiger partial charge in [0, 0.05) is 17.3 Å². The highest BCUT2D eigenvalue weighted by molar-refractivity contribution is 7.99. The number of hydrogen-bond donors (Lipinski definition) is 1. The average Bonchev–Trinajstić information content (AvgIpc) is 2.60. The van der Waals surface area contributed by atoms with Gasteiger partial charge < -0.3 is 5.32 Å². The van der Waals surface area contributed by atoms with Crippen LogP contribution in [0.3, 0.4) is 0 Å². The first-order chi connectivity index (χ1) is 11.7. The minimum atomic E-state index is 0.0509. The fourth-order valence-electron chi connectivity index (χ4n) is 2.58. The normalized spacial score (nSPS) is 10.7. The van der Waals surface area contributed by atoms with Crippen LogP contribution in [0, 0.1) is 0 Å². The predicted octanol–water partition coefficient (Wildman–Crippen LogP) is 5.04. The maximum Gasteiger partial charge on any atom is 0.230 e. The summed E-state index contributed by atoms with van der Waals surface area (Å²) in [7, 11) is 0. The first kappa shape index (κ1) is 16.9. The van der Waals surface area contributed by atoms with E-state index in [0.717, 1.165) is 21.9 Å². The van der Waals surface area contributed by atoms with Gasteiger partial charge in [0.2, 0.25) is 5.91 Å². The van der Waals surface area contributed by atoms with E-state index in [0.29, 0.717) is 12.3 Å². The van der Waals surface area contributed by atoms with Gasteiger partial charge in [-0.3, -0.25) is 4.79 Å². The van der Waals surface area contributed by atoms with Gasteiger partial charge in [-0.05, 0) is 34.0 Å². The molecule has 0 fully saturated rings. The van der Waals surface area contributed by atoms with Crippen LogP contribution < -0.4 is 5.32 Å². The molecule has 4 heteroatoms. The summed E-state index contributed by atoms with van der Waals surface area (Å²) in [5.74, 6) is 1.27. The number of carbonyl (C=O) groups is 1. The van der Waals surface area contributed by atoms with Gasteiger partial charge in [0.25, 0.3) is 0 Å². The van der Waals surface area contributed by atoms with Crippen molar-refractivity contribution in [2.45, 2.75) is 12.3 Å². The molecule has 24 heavy (non-hydrogen) atoms. The summed E-state index contributed by atoms with van der Waals surface area (Å²) in [6, 6.07) is 22.1. The quantitative estimate of drug-likeness (QED) is 0.671. The van der Waals surface area contributed by atoms with Crippen LogP contribution >= 0.6 is 23.4 Å². The fourth-order valence-corrected chi connectivity index (χ4v) is 3.60. The first-order valence-electron chi connectivity index (χ1n) is 7.78. The third-order valence-electron chi connectivity index (χ3n) is 3.75. The lowest BCUT2D eigenvalue weighted by Crippen LogP contribution is -2.24. The molecule has 0 saturated carbocycles. The highest BCUT2D eigenvalue weighted by Gasteiger charge is 2.05. The summed E-state index contributed by atoms with van der Waals surface area (Å²) in [4.78, 5) is 12.1. The second-order valence-electron chi connectivity index (χ2n) is 5.54. The lowest BCUT2D eigenvalue weighted by molar-refractivity contribution is -0.118. The zero-order chi connectivity index (χ0) is 16.8. The second-order valence-corrected chi connectivity index (χ2v) is 6.96. The molecule has 122 valence electrons. The fraction of sp³-hybridized carbons (Fsp3) is 0.150. The van der Waals surface area contributed by atoms with Gasteiger partial charge in [0.1, 0.15) is 0 Å². The number of halogens is 1. The minimum Gasteiger partial charge on any atom is -0.351 e. The van der Waals surface area contributed by atoms with Crippen LogP contribution in [-0.4, -0.2) is 11.7 Å². The summed E-state index contributed by atoms with van der Waals surface area (Å²) in [6.45, 7) is 0.553. The maximum atomic E-state index is 12.1. The molecule has 0 aliphatic heterocycles. The minimum absolute atomic E-state index is 0.0509. The SMILES string of the molecule is O=C(CSCc1cccc(Cl)c1)NCc1cccc2ccccc12. The van der Waals surface area contributed by atoms with E-state index in [2.05, 4.69) is 29.6 Å². The van der Waals surface area contributed by atoms with E-state index in [1.807, 2.05) is 42.5 Å². The maximum absolute atomic E-state index is 12.1. The Kier molecular flexibility index (Phi) is 5.78. The monoisotopic (exact) mass is 355 g/mol. The molecule has 0 unspecified atom stereocenters. The van der Waals surface area contributed by atoms with E-state index in [-0.39, 0.29) is 5.91 Å². The number of amides is 1. The zero-order valence-electron chi connectivity index (χ0n) is 13.2. The van der Waals surface area contributed by atoms with E-state index < -0.39 is 0 Å². The number of carbonyl (C=O) groups excluding carboxylic acids is 1. The molecule has 3 aromatic carbocycles. The number of hydrogen-bond acceptors (Lipinski definition) is 2. The molecule has 0 saturated heterocycles. The number of rotatable bonds is 6. The lowest BCUT2D eigenvalue weighted by atomic mass is 10.0. The van der Waals surface area contributed by atoms with Gasteiger partial charge >= 0.3 is 0 Å². The molecule has 0 heterocycles. The Morgan fingerprint density at radius 2 is 1.79 bits per heavy atom. The zero-order valence-corrected chi connectivity index (χ0v) is 14.7. The van der Waals surface area contributed by atoms with E-state index in [9.17, 15) is 4.79 Å². The highest BCUT2D eigenvalue weighted by atomic mass is 35.5. The molecule has 1 N–H and O–H groups in total. The van der Waals surface area contributed by atoms with Crippen LogP contribution in [-0.2, 0) is 17.1 Å². The molecule has 0 bridgehead atoms. The number of nitrogens with one attached hydrogen (secondary N) is 1. The van der Waals surface area contributed by atoms with Gasteiger partial charge in [0.05, 0.1) is 5.75 Å². The van der Waals surface area contributed by atoms with Crippen LogP contribution in [0.1, 0.15) is 11.1 Å². The molecule has 0 radical (unpaired) electrons. The molecule has 0 aliphatic rings. The standard InChI is InChI=1S/C20H18ClNOS/c21-18-9-3-5-15(11-18)13-24-14-20(23)22-12-17-8-4-7-16-6-1-2-10-19(16)17/h1-11H,12-14H2,(H,22,23). The second kappa shape index (κ2) is 8.22. The molecule has 1 amide bonds. The van der Waals surface area contributed by atoms with Gasteiger partial charge in [-0.2, -0.15) is 0 Å². The van der Waals surface area contributed by atoms with Crippen molar-refractivity contribution >= 4 is 40.0 Å². The molecular formula is C20H18ClNOS. The molecular weight excluding hydrogens is 338 g/mol. The molecule has 3 aromatic rings. The smallest absolute Gasteiger partial charge is 0.230 e. The average molecular weight is 356 g/mol. The Bertz CT molecular complexity index is 844. The van der Waals surface area contributed by atoms with Crippen molar-refractivity contribution < 1.29 is 4.79 Å². The van der Waals surface area contributed by atoms with E-state index in [4.69, 9.17) is 11.6 Å². The number of fused-ring (bicyclic) bond motifs is 1. The van der Waals surface area contributed by atoms with Gasteiger partial charge in [0.15, 0.2) is 0 Å². The molecule has 0 spiro atoms. The summed E-state index contributed by atoms with van der Waals surface area (Å²) < 4.78 is 0. The van der Waals surface area contributed by atoms with E-state index >= 15 is 0 Å². The molecule has 3 rings (SSSR count). The summed E-state index contributed by atoms with van der Waals surface area (Å²) in [5.41, 5.74) is 2.27. The van der Waals surface area contributed by atoms with Gasteiger partial charge in [-0.1, -0.05) is 66.2 Å². The Hall–Kier alpha value is -1.97. The van der Waals surface area contributed by atoms with Crippen molar-refractivity contribution in [3.05, 3.63) is 82.9 Å². The Labute approximate surface area is 151 Å². The Morgan fingerprint density at radius 1 is 1.00 bits per heavy atom. The predicted molar refractivity (Wildman–Crippen MR) is 103 cm³/mol. The number of thioether (sulfide) groups is 1. The lowest BCUT2D eigenvalue weighted by Gasteiger charge is -2.08. The van der Waals surface area contributed by atoms with Crippen LogP contribution in [0.5, 0.6) is 0 Å². The van der Waals surface area contributed by atoms with Gasteiger partial charge in [-0.25, -0.2) is 0 Å². The first-order valence-corrected chi connectivity index (χ1v) is 9.31. The molecule has 0 aliphatic carbocycles. The van der Waals surface area contributed by atoms with Crippen LogP contribution in [0.15, 0.2) is 66.7 Å². The third kappa shape index (κ3) is 4.53. The van der Waals surface area contributed by atoms with E-state index in [1.165, 1.54) is 10.8 Å². The van der Waals surface area contributed by atoms with Crippen molar-refractivity contribution in [2.24, 2.45) is 0 Å².